The molecule has 0 unspecified atom stereocenters. The third kappa shape index (κ3) is 6.82. The summed E-state index contributed by atoms with van der Waals surface area (Å²) in [5.41, 5.74) is 2.00. The Labute approximate surface area is 244 Å². The molecule has 218 valence electrons. The molecule has 42 heavy (non-hydrogen) atoms. The second kappa shape index (κ2) is 12.8. The van der Waals surface area contributed by atoms with Gasteiger partial charge in [-0.25, -0.2) is 12.8 Å². The summed E-state index contributed by atoms with van der Waals surface area (Å²) in [6.07, 6.45) is 2.31. The Bertz CT molecular complexity index is 1560. The van der Waals surface area contributed by atoms with Crippen LogP contribution in [-0.2, 0) is 16.6 Å². The smallest absolute Gasteiger partial charge is 0.270 e. The van der Waals surface area contributed by atoms with Gasteiger partial charge < -0.3 is 10.2 Å². The number of aromatic nitrogens is 1. The molecule has 2 aliphatic rings. The van der Waals surface area contributed by atoms with Crippen LogP contribution in [0.5, 0.6) is 0 Å². The molecule has 12 heteroatoms. The molecular weight excluding hydrogens is 559 g/mol. The number of piperidine rings is 1. The monoisotopic (exact) mass is 590 g/mol. The number of carbonyl (C=O) groups is 2. The normalized spacial score (nSPS) is 17.0. The van der Waals surface area contributed by atoms with Gasteiger partial charge >= 0.3 is 0 Å². The fourth-order valence-electron chi connectivity index (χ4n) is 5.14. The lowest BCUT2D eigenvalue weighted by Gasteiger charge is -2.34. The molecule has 2 amide bonds. The van der Waals surface area contributed by atoms with E-state index in [1.807, 2.05) is 6.07 Å². The van der Waals surface area contributed by atoms with Crippen molar-refractivity contribution in [1.82, 2.24) is 24.4 Å². The summed E-state index contributed by atoms with van der Waals surface area (Å²) in [5, 5.41) is 11.9. The number of pyridine rings is 1. The molecule has 0 saturated carbocycles. The predicted octanol–water partition coefficient (Wildman–Crippen LogP) is 2.63. The minimum Gasteiger partial charge on any atom is -0.348 e. The highest BCUT2D eigenvalue weighted by Crippen LogP contribution is 2.21. The molecular formula is C30H31FN6O4S. The number of amides is 2. The number of hydrogen-bond acceptors (Lipinski definition) is 7. The van der Waals surface area contributed by atoms with Crippen molar-refractivity contribution in [1.29, 1.82) is 5.26 Å². The summed E-state index contributed by atoms with van der Waals surface area (Å²) >= 11 is 0. The van der Waals surface area contributed by atoms with Crippen LogP contribution in [0.15, 0.2) is 71.8 Å². The van der Waals surface area contributed by atoms with Crippen LogP contribution in [0.3, 0.4) is 0 Å². The number of nitrogens with one attached hydrogen (secondary N) is 1. The Hall–Kier alpha value is -4.18. The first-order valence-corrected chi connectivity index (χ1v) is 15.2. The van der Waals surface area contributed by atoms with Gasteiger partial charge in [0, 0.05) is 58.1 Å². The van der Waals surface area contributed by atoms with E-state index in [0.717, 1.165) is 5.56 Å². The van der Waals surface area contributed by atoms with E-state index >= 15 is 0 Å². The van der Waals surface area contributed by atoms with Crippen molar-refractivity contribution in [2.75, 3.05) is 39.3 Å². The molecule has 0 radical (unpaired) electrons. The van der Waals surface area contributed by atoms with Crippen LogP contribution in [0.1, 0.15) is 44.8 Å². The number of nitrogens with zero attached hydrogens (tertiary/aromatic N) is 5. The Kier molecular flexibility index (Phi) is 8.91. The second-order valence-corrected chi connectivity index (χ2v) is 12.4. The first kappa shape index (κ1) is 29.3. The van der Waals surface area contributed by atoms with Crippen LogP contribution >= 0.6 is 0 Å². The average molecular weight is 591 g/mol. The predicted molar refractivity (Wildman–Crippen MR) is 152 cm³/mol. The van der Waals surface area contributed by atoms with Crippen LogP contribution in [0, 0.1) is 17.1 Å². The van der Waals surface area contributed by atoms with E-state index in [0.29, 0.717) is 56.7 Å². The number of rotatable bonds is 7. The van der Waals surface area contributed by atoms with Crippen molar-refractivity contribution in [2.45, 2.75) is 30.3 Å². The van der Waals surface area contributed by atoms with Crippen LogP contribution in [0.2, 0.25) is 0 Å². The maximum Gasteiger partial charge on any atom is 0.270 e. The number of hydrogen-bond donors (Lipinski definition) is 1. The van der Waals surface area contributed by atoms with E-state index in [1.54, 1.807) is 23.1 Å². The number of nitriles is 1. The summed E-state index contributed by atoms with van der Waals surface area (Å²) in [7, 11) is -3.68. The number of carbonyl (C=O) groups excluding carboxylic acids is 2. The van der Waals surface area contributed by atoms with Crippen molar-refractivity contribution >= 4 is 21.8 Å². The molecule has 10 nitrogen and oxygen atoms in total. The molecule has 0 atom stereocenters. The summed E-state index contributed by atoms with van der Waals surface area (Å²) in [6, 6.07) is 17.1. The van der Waals surface area contributed by atoms with Gasteiger partial charge in [-0.1, -0.05) is 12.1 Å². The Morgan fingerprint density at radius 3 is 2.19 bits per heavy atom. The summed E-state index contributed by atoms with van der Waals surface area (Å²) in [5.74, 6) is -0.787. The zero-order valence-corrected chi connectivity index (χ0v) is 23.8. The van der Waals surface area contributed by atoms with Crippen LogP contribution < -0.4 is 5.32 Å². The van der Waals surface area contributed by atoms with Crippen LogP contribution in [0.25, 0.3) is 0 Å². The SMILES string of the molecule is N#Cc1ccc(S(=O)(=O)N2CCC(NC(=O)c3ccc(C(=O)N4CCN(Cc5ccc(F)cc5)CC4)cn3)CC2)cc1. The zero-order valence-electron chi connectivity index (χ0n) is 22.9. The highest BCUT2D eigenvalue weighted by molar-refractivity contribution is 7.89. The van der Waals surface area contributed by atoms with Gasteiger partial charge in [0.1, 0.15) is 11.5 Å². The zero-order chi connectivity index (χ0) is 29.7. The second-order valence-electron chi connectivity index (χ2n) is 10.4. The molecule has 2 aliphatic heterocycles. The molecule has 1 N–H and O–H groups in total. The number of benzene rings is 2. The van der Waals surface area contributed by atoms with E-state index in [2.05, 4.69) is 15.2 Å². The lowest BCUT2D eigenvalue weighted by molar-refractivity contribution is 0.0627. The van der Waals surface area contributed by atoms with Crippen LogP contribution in [-0.4, -0.2) is 84.6 Å². The Morgan fingerprint density at radius 2 is 1.60 bits per heavy atom. The number of sulfonamides is 1. The Balaban J connectivity index is 1.08. The largest absolute Gasteiger partial charge is 0.348 e. The van der Waals surface area contributed by atoms with Crippen molar-refractivity contribution in [2.24, 2.45) is 0 Å². The van der Waals surface area contributed by atoms with Gasteiger partial charge in [-0.3, -0.25) is 19.5 Å². The molecule has 0 aliphatic carbocycles. The summed E-state index contributed by atoms with van der Waals surface area (Å²) < 4.78 is 40.4. The van der Waals surface area contributed by atoms with Gasteiger partial charge in [0.25, 0.3) is 11.8 Å². The van der Waals surface area contributed by atoms with Gasteiger partial charge in [0.05, 0.1) is 22.1 Å². The fourth-order valence-corrected chi connectivity index (χ4v) is 6.61. The molecule has 2 aromatic carbocycles. The minimum atomic E-state index is -3.68. The van der Waals surface area contributed by atoms with Gasteiger partial charge in [-0.2, -0.15) is 9.57 Å². The van der Waals surface area contributed by atoms with Gasteiger partial charge in [-0.15, -0.1) is 0 Å². The third-order valence-electron chi connectivity index (χ3n) is 7.63. The Morgan fingerprint density at radius 1 is 0.929 bits per heavy atom. The summed E-state index contributed by atoms with van der Waals surface area (Å²) in [6.45, 7) is 3.72. The van der Waals surface area contributed by atoms with E-state index < -0.39 is 10.0 Å². The minimum absolute atomic E-state index is 0.134. The van der Waals surface area contributed by atoms with E-state index in [-0.39, 0.29) is 47.4 Å². The van der Waals surface area contributed by atoms with Gasteiger partial charge in [-0.05, 0) is 66.9 Å². The lowest BCUT2D eigenvalue weighted by Crippen LogP contribution is -2.48. The number of piperazine rings is 1. The van der Waals surface area contributed by atoms with Gasteiger partial charge in [0.2, 0.25) is 10.0 Å². The lowest BCUT2D eigenvalue weighted by atomic mass is 10.1. The number of halogens is 1. The maximum absolute atomic E-state index is 13.1. The van der Waals surface area contributed by atoms with E-state index in [9.17, 15) is 22.4 Å². The molecule has 3 aromatic rings. The highest BCUT2D eigenvalue weighted by Gasteiger charge is 2.30. The quantitative estimate of drug-likeness (QED) is 0.448. The molecule has 5 rings (SSSR count). The van der Waals surface area contributed by atoms with Crippen molar-refractivity contribution in [3.63, 3.8) is 0 Å². The first-order chi connectivity index (χ1) is 20.2. The third-order valence-corrected chi connectivity index (χ3v) is 9.55. The van der Waals surface area contributed by atoms with E-state index in [1.165, 1.54) is 53.0 Å². The summed E-state index contributed by atoms with van der Waals surface area (Å²) in [4.78, 5) is 34.1. The average Bonchev–Trinajstić information content (AvgIpc) is 3.02. The van der Waals surface area contributed by atoms with Crippen molar-refractivity contribution < 1.29 is 22.4 Å². The van der Waals surface area contributed by atoms with Crippen LogP contribution in [0.4, 0.5) is 4.39 Å². The molecule has 0 bridgehead atoms. The fraction of sp³-hybridized carbons (Fsp3) is 0.333. The van der Waals surface area contributed by atoms with Crippen molar-refractivity contribution in [3.05, 3.63) is 95.1 Å². The maximum atomic E-state index is 13.1. The molecule has 2 saturated heterocycles. The highest BCUT2D eigenvalue weighted by atomic mass is 32.2. The standard InChI is InChI=1S/C30H31FN6O4S/c31-25-6-1-23(2-7-25)21-35-15-17-36(18-16-35)30(39)24-5-10-28(33-20-24)29(38)34-26-11-13-37(14-12-26)42(40,41)27-8-3-22(19-32)4-9-27/h1-10,20,26H,11-18,21H2,(H,34,38). The molecule has 0 spiro atoms. The van der Waals surface area contributed by atoms with E-state index in [4.69, 9.17) is 5.26 Å². The van der Waals surface area contributed by atoms with Gasteiger partial charge in [0.15, 0.2) is 0 Å². The molecule has 3 heterocycles. The first-order valence-electron chi connectivity index (χ1n) is 13.8. The topological polar surface area (TPSA) is 127 Å². The molecule has 1 aromatic heterocycles. The van der Waals surface area contributed by atoms with Crippen molar-refractivity contribution in [3.8, 4) is 6.07 Å². The molecule has 2 fully saturated rings.